The summed E-state index contributed by atoms with van der Waals surface area (Å²) in [6.45, 7) is 1.58. The van der Waals surface area contributed by atoms with E-state index in [1.54, 1.807) is 18.2 Å². The molecule has 2 N–H and O–H groups in total. The highest BCUT2D eigenvalue weighted by molar-refractivity contribution is 6.37. The molecule has 176 valence electrons. The van der Waals surface area contributed by atoms with Crippen LogP contribution in [0, 0.1) is 0 Å². The highest BCUT2D eigenvalue weighted by Crippen LogP contribution is 2.26. The van der Waals surface area contributed by atoms with E-state index in [9.17, 15) is 9.59 Å². The highest BCUT2D eigenvalue weighted by atomic mass is 35.5. The maximum atomic E-state index is 13.0. The number of ether oxygens (including phenoxy) is 1. The lowest BCUT2D eigenvalue weighted by atomic mass is 10.3. The maximum absolute atomic E-state index is 13.0. The molecule has 4 aromatic rings. The van der Waals surface area contributed by atoms with Gasteiger partial charge in [0.25, 0.3) is 5.56 Å². The molecule has 0 radical (unpaired) electrons. The molecular formula is C23H22Cl2N6O3. The van der Waals surface area contributed by atoms with Gasteiger partial charge >= 0.3 is 5.69 Å². The van der Waals surface area contributed by atoms with Gasteiger partial charge in [-0.25, -0.2) is 14.3 Å². The summed E-state index contributed by atoms with van der Waals surface area (Å²) >= 11 is 12.4. The van der Waals surface area contributed by atoms with E-state index in [2.05, 4.69) is 25.2 Å². The van der Waals surface area contributed by atoms with Gasteiger partial charge in [-0.05, 0) is 56.9 Å². The fourth-order valence-electron chi connectivity index (χ4n) is 3.30. The molecule has 9 nitrogen and oxygen atoms in total. The number of halogens is 2. The molecule has 0 saturated heterocycles. The second-order valence-corrected chi connectivity index (χ2v) is 8.57. The first-order valence-corrected chi connectivity index (χ1v) is 11.2. The first-order valence-electron chi connectivity index (χ1n) is 10.4. The van der Waals surface area contributed by atoms with E-state index < -0.39 is 11.2 Å². The number of aromatic amines is 1. The van der Waals surface area contributed by atoms with Crippen LogP contribution >= 0.6 is 23.2 Å². The van der Waals surface area contributed by atoms with E-state index in [0.717, 1.165) is 29.0 Å². The Morgan fingerprint density at radius 2 is 1.79 bits per heavy atom. The summed E-state index contributed by atoms with van der Waals surface area (Å²) in [5.41, 5.74) is -0.430. The molecular weight excluding hydrogens is 479 g/mol. The number of aromatic nitrogens is 4. The second-order valence-electron chi connectivity index (χ2n) is 7.75. The number of hydrogen-bond donors (Lipinski definition) is 2. The zero-order valence-corrected chi connectivity index (χ0v) is 20.0. The summed E-state index contributed by atoms with van der Waals surface area (Å²) in [4.78, 5) is 38.9. The molecule has 11 heteroatoms. The largest absolute Gasteiger partial charge is 0.494 e. The van der Waals surface area contributed by atoms with E-state index in [1.165, 1.54) is 6.20 Å². The standard InChI is InChI=1S/C23H22Cl2N6O3/c1-30(2)11-4-12-34-15-9-7-14(8-10-15)27-22-26-13-16-20(28-22)29-23(33)31(21(16)32)19-17(24)5-3-6-18(19)25/h3,5-10,13H,4,11-12H2,1-2H3,(H2,26,27,28,29,33). The molecule has 0 bridgehead atoms. The molecule has 34 heavy (non-hydrogen) atoms. The van der Waals surface area contributed by atoms with Crippen molar-refractivity contribution in [3.8, 4) is 11.4 Å². The van der Waals surface area contributed by atoms with Crippen LogP contribution in [0.1, 0.15) is 6.42 Å². The topological polar surface area (TPSA) is 105 Å². The second kappa shape index (κ2) is 10.3. The molecule has 0 aliphatic rings. The van der Waals surface area contributed by atoms with Crippen LogP contribution in [0.3, 0.4) is 0 Å². The molecule has 4 rings (SSSR count). The van der Waals surface area contributed by atoms with E-state index in [1.807, 2.05) is 38.4 Å². The Labute approximate surface area is 204 Å². The van der Waals surface area contributed by atoms with Gasteiger partial charge in [0.1, 0.15) is 11.1 Å². The zero-order chi connectivity index (χ0) is 24.2. The van der Waals surface area contributed by atoms with Gasteiger partial charge in [0.2, 0.25) is 5.95 Å². The fraction of sp³-hybridized carbons (Fsp3) is 0.217. The van der Waals surface area contributed by atoms with Crippen LogP contribution in [0.25, 0.3) is 16.7 Å². The van der Waals surface area contributed by atoms with Crippen molar-refractivity contribution in [3.05, 3.63) is 79.5 Å². The summed E-state index contributed by atoms with van der Waals surface area (Å²) in [6, 6.07) is 12.0. The van der Waals surface area contributed by atoms with E-state index in [-0.39, 0.29) is 32.7 Å². The minimum atomic E-state index is -0.715. The van der Waals surface area contributed by atoms with Gasteiger partial charge in [0, 0.05) is 18.4 Å². The smallest absolute Gasteiger partial charge is 0.334 e. The summed E-state index contributed by atoms with van der Waals surface area (Å²) in [5.74, 6) is 0.975. The zero-order valence-electron chi connectivity index (χ0n) is 18.5. The summed E-state index contributed by atoms with van der Waals surface area (Å²) < 4.78 is 6.60. The van der Waals surface area contributed by atoms with Gasteiger partial charge in [-0.2, -0.15) is 4.98 Å². The van der Waals surface area contributed by atoms with Crippen molar-refractivity contribution in [1.29, 1.82) is 0 Å². The number of H-pyrrole nitrogens is 1. The first-order chi connectivity index (χ1) is 16.3. The van der Waals surface area contributed by atoms with Gasteiger partial charge in [-0.15, -0.1) is 0 Å². The minimum absolute atomic E-state index is 0.0905. The van der Waals surface area contributed by atoms with Gasteiger partial charge in [0.15, 0.2) is 5.65 Å². The van der Waals surface area contributed by atoms with Gasteiger partial charge in [-0.1, -0.05) is 29.3 Å². The molecule has 0 saturated carbocycles. The number of anilines is 2. The summed E-state index contributed by atoms with van der Waals surface area (Å²) in [5, 5.41) is 3.51. The van der Waals surface area contributed by atoms with E-state index in [0.29, 0.717) is 6.61 Å². The van der Waals surface area contributed by atoms with Crippen LogP contribution in [-0.4, -0.2) is 51.7 Å². The predicted octanol–water partition coefficient (Wildman–Crippen LogP) is 3.85. The highest BCUT2D eigenvalue weighted by Gasteiger charge is 2.16. The van der Waals surface area contributed by atoms with E-state index in [4.69, 9.17) is 27.9 Å². The third-order valence-corrected chi connectivity index (χ3v) is 5.55. The average molecular weight is 501 g/mol. The van der Waals surface area contributed by atoms with Crippen molar-refractivity contribution in [3.63, 3.8) is 0 Å². The normalized spacial score (nSPS) is 11.2. The number of nitrogens with zero attached hydrogens (tertiary/aromatic N) is 4. The average Bonchev–Trinajstić information content (AvgIpc) is 2.79. The Hall–Kier alpha value is -3.40. The van der Waals surface area contributed by atoms with E-state index >= 15 is 0 Å². The molecule has 2 aromatic heterocycles. The Morgan fingerprint density at radius 3 is 2.47 bits per heavy atom. The monoisotopic (exact) mass is 500 g/mol. The van der Waals surface area contributed by atoms with Crippen molar-refractivity contribution in [2.45, 2.75) is 6.42 Å². The molecule has 0 fully saturated rings. The van der Waals surface area contributed by atoms with Crippen LogP contribution in [0.2, 0.25) is 10.0 Å². The Balaban J connectivity index is 1.56. The molecule has 0 atom stereocenters. The van der Waals surface area contributed by atoms with Crippen LogP contribution < -0.4 is 21.3 Å². The van der Waals surface area contributed by atoms with Crippen LogP contribution in [-0.2, 0) is 0 Å². The number of hydrogen-bond acceptors (Lipinski definition) is 7. The number of para-hydroxylation sites is 1. The lowest BCUT2D eigenvalue weighted by molar-refractivity contribution is 0.281. The number of fused-ring (bicyclic) bond motifs is 1. The molecule has 0 unspecified atom stereocenters. The molecule has 0 spiro atoms. The Kier molecular flexibility index (Phi) is 7.16. The van der Waals surface area contributed by atoms with Gasteiger partial charge in [-0.3, -0.25) is 9.78 Å². The van der Waals surface area contributed by atoms with Crippen LogP contribution in [0.5, 0.6) is 5.75 Å². The molecule has 0 aliphatic carbocycles. The number of benzene rings is 2. The summed E-state index contributed by atoms with van der Waals surface area (Å²) in [7, 11) is 4.05. The third kappa shape index (κ3) is 5.22. The molecule has 0 aliphatic heterocycles. The maximum Gasteiger partial charge on any atom is 0.334 e. The first kappa shape index (κ1) is 23.7. The van der Waals surface area contributed by atoms with Crippen LogP contribution in [0.4, 0.5) is 11.6 Å². The van der Waals surface area contributed by atoms with Crippen molar-refractivity contribution in [2.75, 3.05) is 32.6 Å². The quantitative estimate of drug-likeness (QED) is 0.354. The predicted molar refractivity (Wildman–Crippen MR) is 134 cm³/mol. The van der Waals surface area contributed by atoms with Crippen molar-refractivity contribution >= 4 is 45.9 Å². The number of nitrogens with one attached hydrogen (secondary N) is 2. The Bertz CT molecular complexity index is 1410. The summed E-state index contributed by atoms with van der Waals surface area (Å²) in [6.07, 6.45) is 2.27. The van der Waals surface area contributed by atoms with Gasteiger partial charge < -0.3 is 15.0 Å². The molecule has 2 aromatic carbocycles. The minimum Gasteiger partial charge on any atom is -0.494 e. The van der Waals surface area contributed by atoms with Crippen LogP contribution in [0.15, 0.2) is 58.3 Å². The lowest BCUT2D eigenvalue weighted by Crippen LogP contribution is -2.34. The van der Waals surface area contributed by atoms with Crippen molar-refractivity contribution in [1.82, 2.24) is 24.4 Å². The third-order valence-electron chi connectivity index (χ3n) is 4.94. The fourth-order valence-corrected chi connectivity index (χ4v) is 3.87. The van der Waals surface area contributed by atoms with Crippen molar-refractivity contribution in [2.24, 2.45) is 0 Å². The number of rotatable bonds is 8. The molecule has 0 amide bonds. The SMILES string of the molecule is CN(C)CCCOc1ccc(Nc2ncc3c(=O)n(-c4c(Cl)cccc4Cl)c(=O)[nH]c3n2)cc1. The lowest BCUT2D eigenvalue weighted by Gasteiger charge is -2.11. The molecule has 2 heterocycles. The Morgan fingerprint density at radius 1 is 1.09 bits per heavy atom. The van der Waals surface area contributed by atoms with Crippen molar-refractivity contribution < 1.29 is 4.74 Å². The van der Waals surface area contributed by atoms with Gasteiger partial charge in [0.05, 0.1) is 22.3 Å².